The van der Waals surface area contributed by atoms with E-state index in [1.54, 1.807) is 6.92 Å². The molecule has 0 aliphatic carbocycles. The molecule has 1 aliphatic heterocycles. The van der Waals surface area contributed by atoms with Gasteiger partial charge in [-0.05, 0) is 31.9 Å². The van der Waals surface area contributed by atoms with E-state index in [-0.39, 0.29) is 6.04 Å². The smallest absolute Gasteiger partial charge is 0.183 e. The molecule has 82 valence electrons. The van der Waals surface area contributed by atoms with Crippen molar-refractivity contribution >= 4 is 9.84 Å². The molecule has 0 radical (unpaired) electrons. The molecule has 0 aromatic heterocycles. The van der Waals surface area contributed by atoms with E-state index in [1.807, 2.05) is 26.0 Å². The van der Waals surface area contributed by atoms with Gasteiger partial charge in [-0.2, -0.15) is 0 Å². The fraction of sp³-hybridized carbons (Fsp3) is 0.455. The lowest BCUT2D eigenvalue weighted by Crippen LogP contribution is -2.23. The van der Waals surface area contributed by atoms with E-state index in [0.29, 0.717) is 4.90 Å². The number of rotatable bonds is 0. The summed E-state index contributed by atoms with van der Waals surface area (Å²) in [5.74, 6) is 0. The van der Waals surface area contributed by atoms with Gasteiger partial charge in [0, 0.05) is 6.04 Å². The van der Waals surface area contributed by atoms with E-state index in [1.165, 1.54) is 0 Å². The lowest BCUT2D eigenvalue weighted by atomic mass is 10.0. The van der Waals surface area contributed by atoms with Crippen LogP contribution < -0.4 is 5.73 Å². The molecule has 0 saturated heterocycles. The van der Waals surface area contributed by atoms with Crippen molar-refractivity contribution in [3.63, 3.8) is 0 Å². The highest BCUT2D eigenvalue weighted by Gasteiger charge is 2.41. The quantitative estimate of drug-likeness (QED) is 0.727. The Morgan fingerprint density at radius 1 is 1.27 bits per heavy atom. The second-order valence-corrected chi connectivity index (χ2v) is 6.52. The highest BCUT2D eigenvalue weighted by atomic mass is 32.2. The van der Waals surface area contributed by atoms with Gasteiger partial charge in [0.25, 0.3) is 0 Å². The third-order valence-electron chi connectivity index (χ3n) is 3.09. The van der Waals surface area contributed by atoms with Crippen molar-refractivity contribution in [2.45, 2.75) is 37.0 Å². The van der Waals surface area contributed by atoms with E-state index < -0.39 is 15.1 Å². The van der Waals surface area contributed by atoms with Gasteiger partial charge in [0.05, 0.1) is 10.1 Å². The minimum Gasteiger partial charge on any atom is -0.323 e. The van der Waals surface area contributed by atoms with Crippen LogP contribution in [0.5, 0.6) is 0 Å². The van der Waals surface area contributed by atoms with Crippen LogP contribution >= 0.6 is 0 Å². The number of benzene rings is 1. The summed E-state index contributed by atoms with van der Waals surface area (Å²) >= 11 is 0. The molecule has 0 fully saturated rings. The fourth-order valence-electron chi connectivity index (χ4n) is 2.26. The molecule has 2 unspecified atom stereocenters. The van der Waals surface area contributed by atoms with E-state index in [0.717, 1.165) is 16.7 Å². The maximum Gasteiger partial charge on any atom is 0.183 e. The first kappa shape index (κ1) is 10.6. The summed E-state index contributed by atoms with van der Waals surface area (Å²) < 4.78 is 24.1. The van der Waals surface area contributed by atoms with Crippen molar-refractivity contribution in [2.24, 2.45) is 5.73 Å². The Morgan fingerprint density at radius 3 is 2.47 bits per heavy atom. The van der Waals surface area contributed by atoms with E-state index in [4.69, 9.17) is 5.73 Å². The number of aryl methyl sites for hydroxylation is 2. The van der Waals surface area contributed by atoms with E-state index in [9.17, 15) is 8.42 Å². The maximum absolute atomic E-state index is 12.0. The van der Waals surface area contributed by atoms with Crippen LogP contribution in [0.2, 0.25) is 0 Å². The van der Waals surface area contributed by atoms with Crippen molar-refractivity contribution in [3.8, 4) is 0 Å². The van der Waals surface area contributed by atoms with Crippen molar-refractivity contribution in [2.75, 3.05) is 0 Å². The monoisotopic (exact) mass is 225 g/mol. The van der Waals surface area contributed by atoms with Crippen LogP contribution in [0.25, 0.3) is 0 Å². The number of nitrogens with two attached hydrogens (primary N) is 1. The van der Waals surface area contributed by atoms with E-state index >= 15 is 0 Å². The first-order chi connectivity index (χ1) is 6.85. The average molecular weight is 225 g/mol. The zero-order valence-corrected chi connectivity index (χ0v) is 9.93. The van der Waals surface area contributed by atoms with Gasteiger partial charge >= 0.3 is 0 Å². The Hall–Kier alpha value is -0.870. The molecule has 2 N–H and O–H groups in total. The number of fused-ring (bicyclic) bond motifs is 1. The third kappa shape index (κ3) is 1.32. The third-order valence-corrected chi connectivity index (χ3v) is 5.49. The topological polar surface area (TPSA) is 60.2 Å². The highest BCUT2D eigenvalue weighted by Crippen LogP contribution is 2.39. The van der Waals surface area contributed by atoms with Gasteiger partial charge in [0.15, 0.2) is 9.84 Å². The molecular formula is C11H15NO2S. The normalized spacial score (nSPS) is 27.7. The molecule has 0 bridgehead atoms. The second-order valence-electron chi connectivity index (χ2n) is 4.28. The van der Waals surface area contributed by atoms with Gasteiger partial charge in [-0.15, -0.1) is 0 Å². The molecular weight excluding hydrogens is 210 g/mol. The number of sulfone groups is 1. The van der Waals surface area contributed by atoms with Gasteiger partial charge in [-0.3, -0.25) is 0 Å². The lowest BCUT2D eigenvalue weighted by Gasteiger charge is -2.08. The van der Waals surface area contributed by atoms with Crippen LogP contribution in [0.15, 0.2) is 17.0 Å². The summed E-state index contributed by atoms with van der Waals surface area (Å²) in [5.41, 5.74) is 8.57. The van der Waals surface area contributed by atoms with E-state index in [2.05, 4.69) is 0 Å². The maximum atomic E-state index is 12.0. The molecule has 4 heteroatoms. The predicted octanol–water partition coefficient (Wildman–Crippen LogP) is 1.48. The van der Waals surface area contributed by atoms with Crippen LogP contribution in [-0.2, 0) is 9.84 Å². The summed E-state index contributed by atoms with van der Waals surface area (Å²) in [6, 6.07) is 3.39. The summed E-state index contributed by atoms with van der Waals surface area (Å²) in [6.07, 6.45) is 0. The Morgan fingerprint density at radius 2 is 1.87 bits per heavy atom. The minimum atomic E-state index is -3.21. The van der Waals surface area contributed by atoms with Gasteiger partial charge in [-0.1, -0.05) is 17.7 Å². The molecule has 1 aromatic rings. The standard InChI is InChI=1S/C11H15NO2S/c1-6-4-7(2)11-9(5-6)10(12)8(3)15(11,13)14/h4-5,8,10H,12H2,1-3H3. The van der Waals surface area contributed by atoms with Gasteiger partial charge in [-0.25, -0.2) is 8.42 Å². The first-order valence-electron chi connectivity index (χ1n) is 4.96. The minimum absolute atomic E-state index is 0.386. The Balaban J connectivity index is 2.84. The van der Waals surface area contributed by atoms with Crippen LogP contribution in [0, 0.1) is 13.8 Å². The number of hydrogen-bond donors (Lipinski definition) is 1. The van der Waals surface area contributed by atoms with Crippen LogP contribution in [-0.4, -0.2) is 13.7 Å². The molecule has 1 aliphatic rings. The fourth-order valence-corrected chi connectivity index (χ4v) is 4.19. The largest absolute Gasteiger partial charge is 0.323 e. The average Bonchev–Trinajstić information content (AvgIpc) is 2.27. The Labute approximate surface area is 90.2 Å². The summed E-state index contributed by atoms with van der Waals surface area (Å²) in [7, 11) is -3.21. The van der Waals surface area contributed by atoms with Crippen molar-refractivity contribution in [1.82, 2.24) is 0 Å². The summed E-state index contributed by atoms with van der Waals surface area (Å²) in [5, 5.41) is -0.506. The summed E-state index contributed by atoms with van der Waals surface area (Å²) in [4.78, 5) is 0.452. The molecule has 0 amide bonds. The van der Waals surface area contributed by atoms with Crippen LogP contribution in [0.3, 0.4) is 0 Å². The van der Waals surface area contributed by atoms with Crippen LogP contribution in [0.4, 0.5) is 0 Å². The van der Waals surface area contributed by atoms with Gasteiger partial charge < -0.3 is 5.73 Å². The van der Waals surface area contributed by atoms with Crippen molar-refractivity contribution in [3.05, 3.63) is 28.8 Å². The molecule has 3 nitrogen and oxygen atoms in total. The van der Waals surface area contributed by atoms with Crippen LogP contribution in [0.1, 0.15) is 29.7 Å². The SMILES string of the molecule is Cc1cc(C)c2c(c1)C(N)C(C)S2(=O)=O. The summed E-state index contributed by atoms with van der Waals surface area (Å²) in [6.45, 7) is 5.46. The van der Waals surface area contributed by atoms with Crippen molar-refractivity contribution in [1.29, 1.82) is 0 Å². The van der Waals surface area contributed by atoms with Gasteiger partial charge in [0.1, 0.15) is 0 Å². The molecule has 2 atom stereocenters. The molecule has 0 spiro atoms. The Kier molecular flexibility index (Phi) is 2.17. The van der Waals surface area contributed by atoms with Gasteiger partial charge in [0.2, 0.25) is 0 Å². The zero-order valence-electron chi connectivity index (χ0n) is 9.11. The number of hydrogen-bond acceptors (Lipinski definition) is 3. The first-order valence-corrected chi connectivity index (χ1v) is 6.51. The van der Waals surface area contributed by atoms with Crippen molar-refractivity contribution < 1.29 is 8.42 Å². The molecule has 2 rings (SSSR count). The highest BCUT2D eigenvalue weighted by molar-refractivity contribution is 7.92. The molecule has 0 saturated carbocycles. The Bertz CT molecular complexity index is 520. The zero-order chi connectivity index (χ0) is 11.4. The molecule has 1 heterocycles. The molecule has 15 heavy (non-hydrogen) atoms. The predicted molar refractivity (Wildman–Crippen MR) is 59.5 cm³/mol. The molecule has 1 aromatic carbocycles. The lowest BCUT2D eigenvalue weighted by molar-refractivity contribution is 0.581. The second kappa shape index (κ2) is 3.06.